The molecule has 8 aromatic rings. The van der Waals surface area contributed by atoms with Crippen LogP contribution in [0.15, 0.2) is 132 Å². The van der Waals surface area contributed by atoms with Gasteiger partial charge >= 0.3 is 0 Å². The molecule has 0 aliphatic carbocycles. The zero-order chi connectivity index (χ0) is 25.8. The van der Waals surface area contributed by atoms with Crippen LogP contribution < -0.4 is 0 Å². The zero-order valence-corrected chi connectivity index (χ0v) is 20.9. The van der Waals surface area contributed by atoms with Crippen molar-refractivity contribution in [3.05, 3.63) is 128 Å². The Kier molecular flexibility index (Phi) is 4.79. The highest BCUT2D eigenvalue weighted by Crippen LogP contribution is 2.39. The minimum Gasteiger partial charge on any atom is -0.436 e. The molecular weight excluding hydrogens is 478 g/mol. The third-order valence-corrected chi connectivity index (χ3v) is 7.31. The van der Waals surface area contributed by atoms with Gasteiger partial charge in [0.25, 0.3) is 0 Å². The Morgan fingerprint density at radius 2 is 1.26 bits per heavy atom. The molecule has 0 spiro atoms. The fourth-order valence-corrected chi connectivity index (χ4v) is 5.41. The first-order valence-electron chi connectivity index (χ1n) is 12.9. The summed E-state index contributed by atoms with van der Waals surface area (Å²) in [5.74, 6) is 0.614. The Bertz CT molecular complexity index is 2170. The van der Waals surface area contributed by atoms with Crippen molar-refractivity contribution in [2.24, 2.45) is 0 Å². The van der Waals surface area contributed by atoms with Crippen LogP contribution in [0.3, 0.4) is 0 Å². The SMILES string of the molecule is c1ccc(-c2nc3c(ccc4c(-c5ccccc5)nc5cc(-c6cnc7ccccc7c6)ccc5c43)o2)cc1. The van der Waals surface area contributed by atoms with Gasteiger partial charge in [-0.2, -0.15) is 0 Å². The van der Waals surface area contributed by atoms with Crippen molar-refractivity contribution in [1.29, 1.82) is 0 Å². The predicted molar refractivity (Wildman–Crippen MR) is 158 cm³/mol. The number of pyridine rings is 2. The lowest BCUT2D eigenvalue weighted by atomic mass is 9.97. The molecule has 0 amide bonds. The second-order valence-corrected chi connectivity index (χ2v) is 9.69. The molecule has 0 atom stereocenters. The quantitative estimate of drug-likeness (QED) is 0.228. The van der Waals surface area contributed by atoms with Crippen LogP contribution >= 0.6 is 0 Å². The third-order valence-electron chi connectivity index (χ3n) is 7.31. The van der Waals surface area contributed by atoms with E-state index in [4.69, 9.17) is 14.4 Å². The largest absolute Gasteiger partial charge is 0.436 e. The third kappa shape index (κ3) is 3.57. The molecule has 0 saturated carbocycles. The molecule has 0 aliphatic heterocycles. The predicted octanol–water partition coefficient (Wildman–Crippen LogP) is 9.08. The number of aromatic nitrogens is 3. The first-order valence-corrected chi connectivity index (χ1v) is 12.9. The standard InChI is InChI=1S/C35H21N3O/c1-3-9-22(10-4-1)33-28-17-18-31-34(38-35(39-31)23-11-5-2-6-12-23)32(28)27-16-15-24(20-30(27)37-33)26-19-25-13-7-8-14-29(25)36-21-26/h1-21H. The monoisotopic (exact) mass is 499 g/mol. The molecule has 3 aromatic heterocycles. The molecule has 0 bridgehead atoms. The van der Waals surface area contributed by atoms with E-state index in [9.17, 15) is 0 Å². The van der Waals surface area contributed by atoms with Crippen molar-refractivity contribution in [3.8, 4) is 33.8 Å². The molecule has 0 N–H and O–H groups in total. The van der Waals surface area contributed by atoms with Gasteiger partial charge in [0, 0.05) is 44.4 Å². The molecule has 39 heavy (non-hydrogen) atoms. The molecule has 3 heterocycles. The lowest BCUT2D eigenvalue weighted by molar-refractivity contribution is 0.620. The van der Waals surface area contributed by atoms with E-state index in [2.05, 4.69) is 53.5 Å². The van der Waals surface area contributed by atoms with E-state index in [1.807, 2.05) is 79.0 Å². The number of hydrogen-bond donors (Lipinski definition) is 0. The van der Waals surface area contributed by atoms with Crippen LogP contribution in [-0.2, 0) is 0 Å². The summed E-state index contributed by atoms with van der Waals surface area (Å²) in [6.07, 6.45) is 1.94. The van der Waals surface area contributed by atoms with Crippen molar-refractivity contribution in [2.75, 3.05) is 0 Å². The van der Waals surface area contributed by atoms with Gasteiger partial charge in [-0.15, -0.1) is 0 Å². The molecule has 0 unspecified atom stereocenters. The lowest BCUT2D eigenvalue weighted by Crippen LogP contribution is -1.92. The maximum atomic E-state index is 6.25. The summed E-state index contributed by atoms with van der Waals surface area (Å²) in [6.45, 7) is 0. The number of para-hydroxylation sites is 1. The van der Waals surface area contributed by atoms with Crippen LogP contribution in [0, 0.1) is 0 Å². The Balaban J connectivity index is 1.42. The summed E-state index contributed by atoms with van der Waals surface area (Å²) in [5.41, 5.74) is 8.57. The van der Waals surface area contributed by atoms with Crippen LogP contribution in [0.5, 0.6) is 0 Å². The number of benzene rings is 5. The molecule has 0 fully saturated rings. The van der Waals surface area contributed by atoms with Crippen LogP contribution in [-0.4, -0.2) is 15.0 Å². The number of nitrogens with zero attached hydrogens (tertiary/aromatic N) is 3. The van der Waals surface area contributed by atoms with Gasteiger partial charge in [-0.05, 0) is 48.0 Å². The van der Waals surface area contributed by atoms with Gasteiger partial charge in [0.15, 0.2) is 5.58 Å². The molecule has 0 radical (unpaired) electrons. The fraction of sp³-hybridized carbons (Fsp3) is 0. The molecule has 5 aromatic carbocycles. The molecule has 4 nitrogen and oxygen atoms in total. The second kappa shape index (κ2) is 8.61. The number of oxazole rings is 1. The van der Waals surface area contributed by atoms with Crippen LogP contribution in [0.2, 0.25) is 0 Å². The van der Waals surface area contributed by atoms with Gasteiger partial charge in [0.2, 0.25) is 5.89 Å². The number of fused-ring (bicyclic) bond motifs is 6. The van der Waals surface area contributed by atoms with Crippen LogP contribution in [0.4, 0.5) is 0 Å². The van der Waals surface area contributed by atoms with Gasteiger partial charge < -0.3 is 4.42 Å². The highest BCUT2D eigenvalue weighted by atomic mass is 16.3. The van der Waals surface area contributed by atoms with Gasteiger partial charge in [0.1, 0.15) is 5.52 Å². The Hall–Kier alpha value is -5.35. The second-order valence-electron chi connectivity index (χ2n) is 9.69. The van der Waals surface area contributed by atoms with E-state index in [0.717, 1.165) is 71.6 Å². The summed E-state index contributed by atoms with van der Waals surface area (Å²) in [6, 6.07) is 41.3. The first-order chi connectivity index (χ1) is 19.3. The smallest absolute Gasteiger partial charge is 0.227 e. The van der Waals surface area contributed by atoms with Gasteiger partial charge in [-0.1, -0.05) is 78.9 Å². The highest BCUT2D eigenvalue weighted by Gasteiger charge is 2.18. The molecular formula is C35H21N3O. The summed E-state index contributed by atoms with van der Waals surface area (Å²) >= 11 is 0. The fourth-order valence-electron chi connectivity index (χ4n) is 5.41. The zero-order valence-electron chi connectivity index (χ0n) is 20.9. The van der Waals surface area contributed by atoms with Crippen LogP contribution in [0.1, 0.15) is 0 Å². The van der Waals surface area contributed by atoms with E-state index in [0.29, 0.717) is 5.89 Å². The van der Waals surface area contributed by atoms with Crippen molar-refractivity contribution < 1.29 is 4.42 Å². The minimum absolute atomic E-state index is 0.614. The Morgan fingerprint density at radius 1 is 0.513 bits per heavy atom. The van der Waals surface area contributed by atoms with Crippen molar-refractivity contribution >= 4 is 43.7 Å². The topological polar surface area (TPSA) is 51.8 Å². The van der Waals surface area contributed by atoms with E-state index >= 15 is 0 Å². The average molecular weight is 500 g/mol. The van der Waals surface area contributed by atoms with Gasteiger partial charge in [-0.3, -0.25) is 4.98 Å². The molecule has 0 saturated heterocycles. The number of rotatable bonds is 3. The highest BCUT2D eigenvalue weighted by molar-refractivity contribution is 6.21. The lowest BCUT2D eigenvalue weighted by Gasteiger charge is -2.12. The van der Waals surface area contributed by atoms with E-state index in [-0.39, 0.29) is 0 Å². The molecule has 8 rings (SSSR count). The Morgan fingerprint density at radius 3 is 2.10 bits per heavy atom. The maximum Gasteiger partial charge on any atom is 0.227 e. The molecule has 4 heteroatoms. The van der Waals surface area contributed by atoms with E-state index in [1.165, 1.54) is 0 Å². The average Bonchev–Trinajstić information content (AvgIpc) is 3.46. The summed E-state index contributed by atoms with van der Waals surface area (Å²) < 4.78 is 6.25. The van der Waals surface area contributed by atoms with Gasteiger partial charge in [0.05, 0.1) is 16.7 Å². The number of hydrogen-bond acceptors (Lipinski definition) is 4. The van der Waals surface area contributed by atoms with Crippen molar-refractivity contribution in [1.82, 2.24) is 15.0 Å². The maximum absolute atomic E-state index is 6.25. The van der Waals surface area contributed by atoms with E-state index < -0.39 is 0 Å². The molecule has 182 valence electrons. The summed E-state index contributed by atoms with van der Waals surface area (Å²) in [4.78, 5) is 14.9. The van der Waals surface area contributed by atoms with E-state index in [1.54, 1.807) is 0 Å². The van der Waals surface area contributed by atoms with Crippen molar-refractivity contribution in [2.45, 2.75) is 0 Å². The molecule has 0 aliphatic rings. The minimum atomic E-state index is 0.614. The first kappa shape index (κ1) is 21.7. The normalized spacial score (nSPS) is 11.6. The van der Waals surface area contributed by atoms with Crippen molar-refractivity contribution in [3.63, 3.8) is 0 Å². The summed E-state index contributed by atoms with van der Waals surface area (Å²) in [5, 5.41) is 4.25. The summed E-state index contributed by atoms with van der Waals surface area (Å²) in [7, 11) is 0. The Labute approximate surface area is 224 Å². The van der Waals surface area contributed by atoms with Crippen LogP contribution in [0.25, 0.3) is 77.5 Å². The van der Waals surface area contributed by atoms with Gasteiger partial charge in [-0.25, -0.2) is 9.97 Å².